The minimum Gasteiger partial charge on any atom is -0.482 e. The normalized spacial score (nSPS) is 10.2. The molecule has 0 saturated carbocycles. The summed E-state index contributed by atoms with van der Waals surface area (Å²) in [6, 6.07) is 7.04. The predicted octanol–water partition coefficient (Wildman–Crippen LogP) is 2.80. The van der Waals surface area contributed by atoms with E-state index in [4.69, 9.17) is 16.3 Å². The number of aryl methyl sites for hydroxylation is 1. The van der Waals surface area contributed by atoms with E-state index in [2.05, 4.69) is 10.3 Å². The van der Waals surface area contributed by atoms with Gasteiger partial charge in [0.15, 0.2) is 6.61 Å². The van der Waals surface area contributed by atoms with E-state index in [9.17, 15) is 4.79 Å². The van der Waals surface area contributed by atoms with Crippen molar-refractivity contribution in [2.45, 2.75) is 13.5 Å². The molecule has 0 aliphatic carbocycles. The molecule has 2 aromatic rings. The Morgan fingerprint density at radius 2 is 2.26 bits per heavy atom. The lowest BCUT2D eigenvalue weighted by atomic mass is 10.3. The predicted molar refractivity (Wildman–Crippen MR) is 75.6 cm³/mol. The second kappa shape index (κ2) is 6.54. The first-order valence-electron chi connectivity index (χ1n) is 5.70. The van der Waals surface area contributed by atoms with Gasteiger partial charge in [0.2, 0.25) is 0 Å². The SMILES string of the molecule is Cc1nc(CNC(=O)COc2ccccc2Cl)cs1. The summed E-state index contributed by atoms with van der Waals surface area (Å²) in [7, 11) is 0. The number of halogens is 1. The van der Waals surface area contributed by atoms with E-state index in [-0.39, 0.29) is 12.5 Å². The van der Waals surface area contributed by atoms with Crippen molar-refractivity contribution >= 4 is 28.8 Å². The van der Waals surface area contributed by atoms with Crippen LogP contribution in [0, 0.1) is 6.92 Å². The maximum absolute atomic E-state index is 11.6. The van der Waals surface area contributed by atoms with Crippen LogP contribution in [0.3, 0.4) is 0 Å². The summed E-state index contributed by atoms with van der Waals surface area (Å²) >= 11 is 7.48. The maximum Gasteiger partial charge on any atom is 0.258 e. The smallest absolute Gasteiger partial charge is 0.258 e. The summed E-state index contributed by atoms with van der Waals surface area (Å²) in [5.41, 5.74) is 0.855. The molecule has 0 spiro atoms. The highest BCUT2D eigenvalue weighted by Crippen LogP contribution is 2.22. The van der Waals surface area contributed by atoms with Crippen molar-refractivity contribution < 1.29 is 9.53 Å². The fourth-order valence-corrected chi connectivity index (χ4v) is 2.24. The van der Waals surface area contributed by atoms with Crippen LogP contribution >= 0.6 is 22.9 Å². The molecule has 1 aromatic carbocycles. The molecular weight excluding hydrogens is 284 g/mol. The summed E-state index contributed by atoms with van der Waals surface area (Å²) in [6.07, 6.45) is 0. The summed E-state index contributed by atoms with van der Waals surface area (Å²) in [4.78, 5) is 15.9. The Kier molecular flexibility index (Phi) is 4.76. The van der Waals surface area contributed by atoms with Crippen molar-refractivity contribution in [2.75, 3.05) is 6.61 Å². The average Bonchev–Trinajstić information content (AvgIpc) is 2.81. The van der Waals surface area contributed by atoms with Crippen LogP contribution in [0.15, 0.2) is 29.6 Å². The minimum atomic E-state index is -0.203. The van der Waals surface area contributed by atoms with Crippen LogP contribution in [0.2, 0.25) is 5.02 Å². The molecule has 100 valence electrons. The molecule has 6 heteroatoms. The molecule has 0 unspecified atom stereocenters. The Morgan fingerprint density at radius 1 is 1.47 bits per heavy atom. The standard InChI is InChI=1S/C13H13ClN2O2S/c1-9-16-10(8-19-9)6-15-13(17)7-18-12-5-3-2-4-11(12)14/h2-5,8H,6-7H2,1H3,(H,15,17). The fourth-order valence-electron chi connectivity index (χ4n) is 1.43. The van der Waals surface area contributed by atoms with Gasteiger partial charge in [-0.05, 0) is 19.1 Å². The number of carbonyl (C=O) groups is 1. The molecule has 2 rings (SSSR count). The first-order valence-corrected chi connectivity index (χ1v) is 6.96. The van der Waals surface area contributed by atoms with Gasteiger partial charge < -0.3 is 10.1 Å². The lowest BCUT2D eigenvalue weighted by Crippen LogP contribution is -2.28. The zero-order valence-corrected chi connectivity index (χ0v) is 11.9. The largest absolute Gasteiger partial charge is 0.482 e. The number of thiazole rings is 1. The molecule has 0 bridgehead atoms. The van der Waals surface area contributed by atoms with E-state index >= 15 is 0 Å². The van der Waals surface area contributed by atoms with E-state index in [1.54, 1.807) is 35.6 Å². The van der Waals surface area contributed by atoms with Gasteiger partial charge in [-0.25, -0.2) is 4.98 Å². The van der Waals surface area contributed by atoms with E-state index in [0.717, 1.165) is 10.7 Å². The lowest BCUT2D eigenvalue weighted by molar-refractivity contribution is -0.123. The van der Waals surface area contributed by atoms with Gasteiger partial charge in [0.25, 0.3) is 5.91 Å². The number of hydrogen-bond acceptors (Lipinski definition) is 4. The van der Waals surface area contributed by atoms with Gasteiger partial charge in [-0.15, -0.1) is 11.3 Å². The third-order valence-corrected chi connectivity index (χ3v) is 3.46. The Morgan fingerprint density at radius 3 is 2.95 bits per heavy atom. The number of para-hydroxylation sites is 1. The van der Waals surface area contributed by atoms with Gasteiger partial charge >= 0.3 is 0 Å². The zero-order valence-electron chi connectivity index (χ0n) is 10.4. The van der Waals surface area contributed by atoms with Crippen LogP contribution in [-0.2, 0) is 11.3 Å². The summed E-state index contributed by atoms with van der Waals surface area (Å²) in [6.45, 7) is 2.28. The molecule has 0 atom stereocenters. The fraction of sp³-hybridized carbons (Fsp3) is 0.231. The molecule has 1 amide bonds. The second-order valence-electron chi connectivity index (χ2n) is 3.85. The van der Waals surface area contributed by atoms with E-state index in [1.165, 1.54) is 0 Å². The average molecular weight is 297 g/mol. The number of carbonyl (C=O) groups excluding carboxylic acids is 1. The van der Waals surface area contributed by atoms with Crippen molar-refractivity contribution in [2.24, 2.45) is 0 Å². The Bertz CT molecular complexity index is 571. The van der Waals surface area contributed by atoms with Crippen LogP contribution < -0.4 is 10.1 Å². The molecule has 0 aliphatic heterocycles. The van der Waals surface area contributed by atoms with Gasteiger partial charge in [-0.2, -0.15) is 0 Å². The van der Waals surface area contributed by atoms with Crippen molar-refractivity contribution in [3.05, 3.63) is 45.4 Å². The molecule has 1 heterocycles. The molecular formula is C13H13ClN2O2S. The van der Waals surface area contributed by atoms with E-state index in [1.807, 2.05) is 12.3 Å². The molecule has 19 heavy (non-hydrogen) atoms. The highest BCUT2D eigenvalue weighted by atomic mass is 35.5. The third kappa shape index (κ3) is 4.22. The molecule has 4 nitrogen and oxygen atoms in total. The zero-order chi connectivity index (χ0) is 13.7. The van der Waals surface area contributed by atoms with Crippen LogP contribution in [-0.4, -0.2) is 17.5 Å². The number of hydrogen-bond donors (Lipinski definition) is 1. The number of aromatic nitrogens is 1. The van der Waals surface area contributed by atoms with Crippen molar-refractivity contribution in [1.29, 1.82) is 0 Å². The Hall–Kier alpha value is -1.59. The summed E-state index contributed by atoms with van der Waals surface area (Å²) in [5.74, 6) is 0.300. The maximum atomic E-state index is 11.6. The van der Waals surface area contributed by atoms with Crippen molar-refractivity contribution in [3.63, 3.8) is 0 Å². The van der Waals surface area contributed by atoms with Crippen LogP contribution in [0.25, 0.3) is 0 Å². The molecule has 0 radical (unpaired) electrons. The topological polar surface area (TPSA) is 51.2 Å². The van der Waals surface area contributed by atoms with Crippen LogP contribution in [0.1, 0.15) is 10.7 Å². The first-order chi connectivity index (χ1) is 9.15. The van der Waals surface area contributed by atoms with Crippen LogP contribution in [0.4, 0.5) is 0 Å². The van der Waals surface area contributed by atoms with Gasteiger partial charge in [-0.1, -0.05) is 23.7 Å². The molecule has 0 fully saturated rings. The van der Waals surface area contributed by atoms with Gasteiger partial charge in [-0.3, -0.25) is 4.79 Å². The molecule has 0 aliphatic rings. The minimum absolute atomic E-state index is 0.0626. The number of nitrogens with zero attached hydrogens (tertiary/aromatic N) is 1. The molecule has 1 aromatic heterocycles. The lowest BCUT2D eigenvalue weighted by Gasteiger charge is -2.07. The number of nitrogens with one attached hydrogen (secondary N) is 1. The van der Waals surface area contributed by atoms with Gasteiger partial charge in [0, 0.05) is 5.38 Å². The Balaban J connectivity index is 1.77. The second-order valence-corrected chi connectivity index (χ2v) is 5.32. The molecule has 1 N–H and O–H groups in total. The monoisotopic (exact) mass is 296 g/mol. The van der Waals surface area contributed by atoms with Crippen molar-refractivity contribution in [3.8, 4) is 5.75 Å². The van der Waals surface area contributed by atoms with E-state index < -0.39 is 0 Å². The first kappa shape index (κ1) is 13.8. The third-order valence-electron chi connectivity index (χ3n) is 2.33. The quantitative estimate of drug-likeness (QED) is 0.923. The molecule has 0 saturated heterocycles. The van der Waals surface area contributed by atoms with Crippen molar-refractivity contribution in [1.82, 2.24) is 10.3 Å². The van der Waals surface area contributed by atoms with Crippen LogP contribution in [0.5, 0.6) is 5.75 Å². The summed E-state index contributed by atoms with van der Waals surface area (Å²) < 4.78 is 5.33. The number of ether oxygens (including phenoxy) is 1. The number of amides is 1. The summed E-state index contributed by atoms with van der Waals surface area (Å²) in [5, 5.41) is 6.13. The number of rotatable bonds is 5. The number of benzene rings is 1. The highest BCUT2D eigenvalue weighted by Gasteiger charge is 2.06. The highest BCUT2D eigenvalue weighted by molar-refractivity contribution is 7.09. The van der Waals surface area contributed by atoms with Gasteiger partial charge in [0.05, 0.1) is 22.3 Å². The Labute approximate surface area is 120 Å². The van der Waals surface area contributed by atoms with E-state index in [0.29, 0.717) is 17.3 Å². The van der Waals surface area contributed by atoms with Gasteiger partial charge in [0.1, 0.15) is 5.75 Å².